The molecule has 0 spiro atoms. The van der Waals surface area contributed by atoms with Gasteiger partial charge in [-0.15, -0.1) is 0 Å². The number of para-hydroxylation sites is 1. The molecule has 0 unspecified atom stereocenters. The number of halogens is 2. The third-order valence-corrected chi connectivity index (χ3v) is 5.27. The fourth-order valence-electron chi connectivity index (χ4n) is 3.18. The molecule has 150 valence electrons. The monoisotopic (exact) mass is 432 g/mol. The maximum absolute atomic E-state index is 9.40. The van der Waals surface area contributed by atoms with Crippen LogP contribution in [0.1, 0.15) is 5.69 Å². The van der Waals surface area contributed by atoms with Crippen molar-refractivity contribution in [2.45, 2.75) is 0 Å². The van der Waals surface area contributed by atoms with Crippen molar-refractivity contribution in [1.29, 1.82) is 5.26 Å². The highest BCUT2D eigenvalue weighted by Gasteiger charge is 2.25. The highest BCUT2D eigenvalue weighted by atomic mass is 35.5. The average Bonchev–Trinajstić information content (AvgIpc) is 3.40. The minimum absolute atomic E-state index is 0.265. The molecule has 0 radical (unpaired) electrons. The fraction of sp³-hybridized carbons (Fsp3) is 0.300. The van der Waals surface area contributed by atoms with E-state index in [1.165, 1.54) is 0 Å². The average molecular weight is 433 g/mol. The molecule has 1 aromatic carbocycles. The first-order valence-electron chi connectivity index (χ1n) is 9.14. The van der Waals surface area contributed by atoms with Crippen LogP contribution < -0.4 is 9.64 Å². The molecule has 7 nitrogen and oxygen atoms in total. The lowest BCUT2D eigenvalue weighted by Crippen LogP contribution is -2.47. The summed E-state index contributed by atoms with van der Waals surface area (Å²) in [6.07, 6.45) is 1.54. The quantitative estimate of drug-likeness (QED) is 0.573. The maximum Gasteiger partial charge on any atom is 0.266 e. The number of furan rings is 1. The van der Waals surface area contributed by atoms with Crippen LogP contribution in [0.5, 0.6) is 5.75 Å². The first-order chi connectivity index (χ1) is 14.2. The number of nitrogens with zero attached hydrogens (tertiary/aromatic N) is 4. The molecule has 4 rings (SSSR count). The van der Waals surface area contributed by atoms with Gasteiger partial charge in [-0.3, -0.25) is 4.90 Å². The molecule has 0 N–H and O–H groups in total. The summed E-state index contributed by atoms with van der Waals surface area (Å²) in [7, 11) is 0. The zero-order valence-corrected chi connectivity index (χ0v) is 17.0. The molecule has 3 heterocycles. The van der Waals surface area contributed by atoms with E-state index < -0.39 is 0 Å². The van der Waals surface area contributed by atoms with Crippen LogP contribution in [0.4, 0.5) is 5.88 Å². The molecule has 0 amide bonds. The van der Waals surface area contributed by atoms with Gasteiger partial charge in [0.2, 0.25) is 11.6 Å². The van der Waals surface area contributed by atoms with Gasteiger partial charge in [0.25, 0.3) is 5.89 Å². The second-order valence-corrected chi connectivity index (χ2v) is 7.30. The molecule has 0 bridgehead atoms. The number of ether oxygens (including phenoxy) is 1. The molecule has 1 aliphatic heterocycles. The second kappa shape index (κ2) is 8.78. The normalized spacial score (nSPS) is 14.7. The van der Waals surface area contributed by atoms with Crippen LogP contribution in [0.2, 0.25) is 10.0 Å². The van der Waals surface area contributed by atoms with E-state index in [1.54, 1.807) is 36.6 Å². The van der Waals surface area contributed by atoms with Crippen molar-refractivity contribution in [3.05, 3.63) is 52.3 Å². The van der Waals surface area contributed by atoms with Gasteiger partial charge < -0.3 is 18.5 Å². The number of aromatic nitrogens is 1. The molecule has 29 heavy (non-hydrogen) atoms. The van der Waals surface area contributed by atoms with E-state index in [1.807, 2.05) is 4.90 Å². The Labute approximate surface area is 178 Å². The molecular weight excluding hydrogens is 415 g/mol. The van der Waals surface area contributed by atoms with Gasteiger partial charge in [-0.05, 0) is 24.3 Å². The van der Waals surface area contributed by atoms with E-state index in [0.717, 1.165) is 19.6 Å². The lowest BCUT2D eigenvalue weighted by Gasteiger charge is -2.34. The number of benzene rings is 1. The molecule has 0 saturated carbocycles. The van der Waals surface area contributed by atoms with Gasteiger partial charge in [-0.1, -0.05) is 29.3 Å². The minimum atomic E-state index is 0.265. The molecule has 2 aromatic heterocycles. The Morgan fingerprint density at radius 1 is 1.10 bits per heavy atom. The lowest BCUT2D eigenvalue weighted by atomic mass is 10.3. The van der Waals surface area contributed by atoms with Crippen LogP contribution >= 0.6 is 23.2 Å². The number of rotatable bonds is 6. The fourth-order valence-corrected chi connectivity index (χ4v) is 3.68. The van der Waals surface area contributed by atoms with Crippen LogP contribution in [0.3, 0.4) is 0 Å². The first-order valence-corrected chi connectivity index (χ1v) is 9.90. The third-order valence-electron chi connectivity index (χ3n) is 4.68. The smallest absolute Gasteiger partial charge is 0.266 e. The van der Waals surface area contributed by atoms with Crippen LogP contribution in [-0.2, 0) is 0 Å². The molecule has 9 heteroatoms. The van der Waals surface area contributed by atoms with Gasteiger partial charge in [0, 0.05) is 32.7 Å². The SMILES string of the molecule is N#Cc1nc(-c2ccco2)oc1N1CCN(CCOc2c(Cl)cccc2Cl)CC1. The van der Waals surface area contributed by atoms with E-state index in [2.05, 4.69) is 16.0 Å². The molecule has 0 atom stereocenters. The van der Waals surface area contributed by atoms with Crippen LogP contribution in [0.25, 0.3) is 11.7 Å². The van der Waals surface area contributed by atoms with Crippen molar-refractivity contribution < 1.29 is 13.6 Å². The molecular formula is C20H18Cl2N4O3. The van der Waals surface area contributed by atoms with E-state index in [4.69, 9.17) is 36.8 Å². The number of oxazole rings is 1. The predicted molar refractivity (Wildman–Crippen MR) is 110 cm³/mol. The second-order valence-electron chi connectivity index (χ2n) is 6.49. The predicted octanol–water partition coefficient (Wildman–Crippen LogP) is 4.31. The van der Waals surface area contributed by atoms with Crippen molar-refractivity contribution in [2.24, 2.45) is 0 Å². The van der Waals surface area contributed by atoms with E-state index in [0.29, 0.717) is 53.0 Å². The first kappa shape index (κ1) is 19.6. The number of piperazine rings is 1. The van der Waals surface area contributed by atoms with Crippen molar-refractivity contribution in [2.75, 3.05) is 44.2 Å². The van der Waals surface area contributed by atoms with Crippen LogP contribution in [0.15, 0.2) is 45.4 Å². The Balaban J connectivity index is 1.32. The molecule has 0 aliphatic carbocycles. The summed E-state index contributed by atoms with van der Waals surface area (Å²) in [6, 6.07) is 10.9. The Hall–Kier alpha value is -2.66. The van der Waals surface area contributed by atoms with Crippen molar-refractivity contribution in [3.63, 3.8) is 0 Å². The van der Waals surface area contributed by atoms with E-state index in [-0.39, 0.29) is 5.69 Å². The number of hydrogen-bond donors (Lipinski definition) is 0. The molecule has 1 saturated heterocycles. The Morgan fingerprint density at radius 2 is 1.86 bits per heavy atom. The summed E-state index contributed by atoms with van der Waals surface area (Å²) in [6.45, 7) is 4.28. The maximum atomic E-state index is 9.40. The van der Waals surface area contributed by atoms with Crippen LogP contribution in [-0.4, -0.2) is 49.2 Å². The largest absolute Gasteiger partial charge is 0.489 e. The Morgan fingerprint density at radius 3 is 2.52 bits per heavy atom. The molecule has 1 fully saturated rings. The van der Waals surface area contributed by atoms with Crippen molar-refractivity contribution >= 4 is 29.1 Å². The third kappa shape index (κ3) is 4.35. The number of hydrogen-bond acceptors (Lipinski definition) is 7. The summed E-state index contributed by atoms with van der Waals surface area (Å²) < 4.78 is 16.9. The topological polar surface area (TPSA) is 78.7 Å². The Bertz CT molecular complexity index is 985. The molecule has 3 aromatic rings. The van der Waals surface area contributed by atoms with Crippen molar-refractivity contribution in [1.82, 2.24) is 9.88 Å². The van der Waals surface area contributed by atoms with Crippen molar-refractivity contribution in [3.8, 4) is 23.5 Å². The zero-order valence-electron chi connectivity index (χ0n) is 15.5. The summed E-state index contributed by atoms with van der Waals surface area (Å²) in [5.41, 5.74) is 0.265. The lowest BCUT2D eigenvalue weighted by molar-refractivity contribution is 0.199. The van der Waals surface area contributed by atoms with Gasteiger partial charge in [-0.25, -0.2) is 0 Å². The molecule has 1 aliphatic rings. The van der Waals surface area contributed by atoms with Gasteiger partial charge in [-0.2, -0.15) is 10.2 Å². The van der Waals surface area contributed by atoms with E-state index in [9.17, 15) is 5.26 Å². The number of nitriles is 1. The summed E-state index contributed by atoms with van der Waals surface area (Å²) >= 11 is 12.3. The number of anilines is 1. The summed E-state index contributed by atoms with van der Waals surface area (Å²) in [5, 5.41) is 10.4. The van der Waals surface area contributed by atoms with Gasteiger partial charge in [0.1, 0.15) is 12.7 Å². The highest BCUT2D eigenvalue weighted by molar-refractivity contribution is 6.37. The van der Waals surface area contributed by atoms with Gasteiger partial charge in [0.05, 0.1) is 16.3 Å². The van der Waals surface area contributed by atoms with E-state index >= 15 is 0 Å². The van der Waals surface area contributed by atoms with Gasteiger partial charge >= 0.3 is 0 Å². The summed E-state index contributed by atoms with van der Waals surface area (Å²) in [4.78, 5) is 8.55. The Kier molecular flexibility index (Phi) is 5.95. The minimum Gasteiger partial charge on any atom is -0.489 e. The highest BCUT2D eigenvalue weighted by Crippen LogP contribution is 2.32. The summed E-state index contributed by atoms with van der Waals surface area (Å²) in [5.74, 6) is 1.81. The standard InChI is InChI=1S/C20H18Cl2N4O3/c21-14-3-1-4-15(22)18(14)28-12-10-25-6-8-26(9-7-25)20-16(13-23)24-19(29-20)17-5-2-11-27-17/h1-5,11H,6-10,12H2. The van der Waals surface area contributed by atoms with Gasteiger partial charge in [0.15, 0.2) is 11.5 Å². The van der Waals surface area contributed by atoms with Crippen LogP contribution in [0, 0.1) is 11.3 Å². The zero-order chi connectivity index (χ0) is 20.2.